The highest BCUT2D eigenvalue weighted by molar-refractivity contribution is 6.19. The number of aliphatic hydroxyl groups is 1. The normalized spacial score (nSPS) is 23.6. The van der Waals surface area contributed by atoms with Gasteiger partial charge in [0.25, 0.3) is 5.72 Å². The highest BCUT2D eigenvalue weighted by Gasteiger charge is 2.64. The average molecular weight is 410 g/mol. The summed E-state index contributed by atoms with van der Waals surface area (Å²) in [6, 6.07) is 15.0. The maximum absolute atomic E-state index is 12.9. The van der Waals surface area contributed by atoms with Gasteiger partial charge in [-0.05, 0) is 11.1 Å². The van der Waals surface area contributed by atoms with E-state index >= 15 is 0 Å². The molecular weight excluding hydrogens is 392 g/mol. The SMILES string of the molecule is COC(=O)[C@]1(O)O[C@@](C(=O)OC)([C@H](N=[N+]=[N-])c2ccccc2)N=C1c1ccccc1. The lowest BCUT2D eigenvalue weighted by Gasteiger charge is -2.31. The molecule has 2 aromatic rings. The van der Waals surface area contributed by atoms with Gasteiger partial charge in [0.2, 0.25) is 0 Å². The number of aliphatic imine (C=N–C) groups is 1. The number of rotatable bonds is 6. The fourth-order valence-corrected chi connectivity index (χ4v) is 3.19. The van der Waals surface area contributed by atoms with Crippen LogP contribution in [0.5, 0.6) is 0 Å². The zero-order valence-corrected chi connectivity index (χ0v) is 16.1. The third kappa shape index (κ3) is 3.39. The molecule has 2 aromatic carbocycles. The second kappa shape index (κ2) is 8.34. The van der Waals surface area contributed by atoms with E-state index in [1.807, 2.05) is 0 Å². The van der Waals surface area contributed by atoms with Gasteiger partial charge in [0.05, 0.1) is 14.2 Å². The summed E-state index contributed by atoms with van der Waals surface area (Å²) in [5.74, 6) is -5.02. The van der Waals surface area contributed by atoms with Gasteiger partial charge in [-0.1, -0.05) is 65.8 Å². The summed E-state index contributed by atoms with van der Waals surface area (Å²) >= 11 is 0. The van der Waals surface area contributed by atoms with E-state index in [0.29, 0.717) is 11.1 Å². The molecule has 1 heterocycles. The Balaban J connectivity index is 2.31. The second-order valence-electron chi connectivity index (χ2n) is 6.27. The Morgan fingerprint density at radius 3 is 2.17 bits per heavy atom. The molecule has 10 nitrogen and oxygen atoms in total. The van der Waals surface area contributed by atoms with Crippen molar-refractivity contribution in [3.05, 3.63) is 82.2 Å². The van der Waals surface area contributed by atoms with E-state index in [2.05, 4.69) is 15.0 Å². The molecular formula is C20H18N4O6. The largest absolute Gasteiger partial charge is 0.465 e. The quantitative estimate of drug-likeness (QED) is 0.335. The maximum atomic E-state index is 12.9. The molecule has 30 heavy (non-hydrogen) atoms. The van der Waals surface area contributed by atoms with Gasteiger partial charge in [-0.25, -0.2) is 14.6 Å². The Bertz CT molecular complexity index is 1020. The van der Waals surface area contributed by atoms with Gasteiger partial charge >= 0.3 is 17.7 Å². The average Bonchev–Trinajstić information content (AvgIpc) is 3.12. The van der Waals surface area contributed by atoms with E-state index in [1.54, 1.807) is 60.7 Å². The molecule has 1 aliphatic heterocycles. The zero-order valence-electron chi connectivity index (χ0n) is 16.1. The smallest absolute Gasteiger partial charge is 0.373 e. The molecule has 0 spiro atoms. The van der Waals surface area contributed by atoms with Crippen LogP contribution in [0.4, 0.5) is 0 Å². The number of carbonyl (C=O) groups excluding carboxylic acids is 2. The van der Waals surface area contributed by atoms with E-state index in [-0.39, 0.29) is 5.71 Å². The van der Waals surface area contributed by atoms with Crippen molar-refractivity contribution in [2.75, 3.05) is 14.2 Å². The number of ether oxygens (including phenoxy) is 3. The Hall–Kier alpha value is -3.72. The summed E-state index contributed by atoms with van der Waals surface area (Å²) in [5, 5.41) is 14.8. The third-order valence-electron chi connectivity index (χ3n) is 4.54. The predicted molar refractivity (Wildman–Crippen MR) is 104 cm³/mol. The monoisotopic (exact) mass is 410 g/mol. The fraction of sp³-hybridized carbons (Fsp3) is 0.250. The van der Waals surface area contributed by atoms with Crippen molar-refractivity contribution < 1.29 is 28.9 Å². The highest BCUT2D eigenvalue weighted by Crippen LogP contribution is 2.44. The number of hydrogen-bond donors (Lipinski definition) is 1. The summed E-state index contributed by atoms with van der Waals surface area (Å²) in [6.45, 7) is 0. The van der Waals surface area contributed by atoms with E-state index in [4.69, 9.17) is 19.7 Å². The molecule has 0 bridgehead atoms. The second-order valence-corrected chi connectivity index (χ2v) is 6.27. The molecule has 0 unspecified atom stereocenters. The van der Waals surface area contributed by atoms with Crippen LogP contribution in [0.3, 0.4) is 0 Å². The molecule has 1 N–H and O–H groups in total. The van der Waals surface area contributed by atoms with Crippen LogP contribution in [0.1, 0.15) is 17.2 Å². The van der Waals surface area contributed by atoms with Crippen LogP contribution >= 0.6 is 0 Å². The molecule has 10 heteroatoms. The molecule has 0 radical (unpaired) electrons. The lowest BCUT2D eigenvalue weighted by molar-refractivity contribution is -0.233. The number of methoxy groups -OCH3 is 2. The number of azide groups is 1. The summed E-state index contributed by atoms with van der Waals surface area (Å²) in [7, 11) is 2.13. The van der Waals surface area contributed by atoms with Crippen LogP contribution in [0.15, 0.2) is 70.8 Å². The minimum absolute atomic E-state index is 0.283. The lowest BCUT2D eigenvalue weighted by atomic mass is 9.97. The molecule has 0 amide bonds. The van der Waals surface area contributed by atoms with Gasteiger partial charge in [0.1, 0.15) is 11.8 Å². The van der Waals surface area contributed by atoms with Gasteiger partial charge in [-0.3, -0.25) is 4.74 Å². The summed E-state index contributed by atoms with van der Waals surface area (Å²) in [4.78, 5) is 32.5. The first-order valence-corrected chi connectivity index (χ1v) is 8.77. The molecule has 0 aromatic heterocycles. The van der Waals surface area contributed by atoms with Gasteiger partial charge in [-0.2, -0.15) is 0 Å². The van der Waals surface area contributed by atoms with Crippen LogP contribution in [-0.4, -0.2) is 48.5 Å². The number of hydrogen-bond acceptors (Lipinski definition) is 8. The molecule has 3 rings (SSSR count). The topological polar surface area (TPSA) is 143 Å². The first-order chi connectivity index (χ1) is 14.4. The van der Waals surface area contributed by atoms with Crippen LogP contribution < -0.4 is 0 Å². The third-order valence-corrected chi connectivity index (χ3v) is 4.54. The van der Waals surface area contributed by atoms with Crippen molar-refractivity contribution in [2.45, 2.75) is 17.6 Å². The van der Waals surface area contributed by atoms with Gasteiger partial charge in [0.15, 0.2) is 0 Å². The number of benzene rings is 2. The maximum Gasteiger partial charge on any atom is 0.373 e. The number of nitrogens with zero attached hydrogens (tertiary/aromatic N) is 4. The lowest BCUT2D eigenvalue weighted by Crippen LogP contribution is -2.53. The number of carbonyl (C=O) groups is 2. The standard InChI is InChI=1S/C20H18N4O6/c1-28-17(25)19(15(23-24-21)13-9-5-3-6-10-13)22-16(14-11-7-4-8-12-14)20(27,30-19)18(26)29-2/h3-12,15,27H,1-2H3/t15-,19-,20-/m1/s1. The molecule has 3 atom stereocenters. The van der Waals surface area contributed by atoms with E-state index in [9.17, 15) is 14.7 Å². The van der Waals surface area contributed by atoms with E-state index < -0.39 is 29.5 Å². The Morgan fingerprint density at radius 2 is 1.63 bits per heavy atom. The van der Waals surface area contributed by atoms with Crippen molar-refractivity contribution in [3.8, 4) is 0 Å². The molecule has 1 aliphatic rings. The van der Waals surface area contributed by atoms with Crippen molar-refractivity contribution in [1.29, 1.82) is 0 Å². The van der Waals surface area contributed by atoms with Crippen molar-refractivity contribution in [1.82, 2.24) is 0 Å². The Morgan fingerprint density at radius 1 is 1.07 bits per heavy atom. The molecule has 0 saturated heterocycles. The number of esters is 2. The highest BCUT2D eigenvalue weighted by atomic mass is 16.7. The van der Waals surface area contributed by atoms with Crippen LogP contribution in [-0.2, 0) is 23.8 Å². The van der Waals surface area contributed by atoms with Crippen molar-refractivity contribution in [3.63, 3.8) is 0 Å². The fourth-order valence-electron chi connectivity index (χ4n) is 3.19. The van der Waals surface area contributed by atoms with Crippen molar-refractivity contribution >= 4 is 17.7 Å². The summed E-state index contributed by atoms with van der Waals surface area (Å²) in [6.07, 6.45) is 0. The van der Waals surface area contributed by atoms with Crippen LogP contribution in [0, 0.1) is 0 Å². The first-order valence-electron chi connectivity index (χ1n) is 8.77. The summed E-state index contributed by atoms with van der Waals surface area (Å²) < 4.78 is 15.2. The minimum Gasteiger partial charge on any atom is -0.465 e. The van der Waals surface area contributed by atoms with Crippen molar-refractivity contribution in [2.24, 2.45) is 10.1 Å². The van der Waals surface area contributed by atoms with Crippen LogP contribution in [0.2, 0.25) is 0 Å². The van der Waals surface area contributed by atoms with Crippen LogP contribution in [0.25, 0.3) is 10.4 Å². The molecule has 0 aliphatic carbocycles. The molecule has 0 fully saturated rings. The summed E-state index contributed by atoms with van der Waals surface area (Å²) in [5.41, 5.74) is 7.13. The Kier molecular flexibility index (Phi) is 5.84. The van der Waals surface area contributed by atoms with E-state index in [1.165, 1.54) is 0 Å². The van der Waals surface area contributed by atoms with Gasteiger partial charge in [0, 0.05) is 10.5 Å². The predicted octanol–water partition coefficient (Wildman–Crippen LogP) is 2.29. The molecule has 0 saturated carbocycles. The van der Waals surface area contributed by atoms with Gasteiger partial charge < -0.3 is 14.6 Å². The Labute approximate surface area is 171 Å². The zero-order chi connectivity index (χ0) is 21.8. The first kappa shape index (κ1) is 21.0. The van der Waals surface area contributed by atoms with Gasteiger partial charge in [-0.15, -0.1) is 0 Å². The van der Waals surface area contributed by atoms with E-state index in [0.717, 1.165) is 14.2 Å². The molecule has 154 valence electrons. The minimum atomic E-state index is -2.75.